The molecule has 5 rings (SSSR count). The first-order valence-electron chi connectivity index (χ1n) is 11.1. The number of para-hydroxylation sites is 1. The van der Waals surface area contributed by atoms with Crippen LogP contribution in [0.1, 0.15) is 44.4 Å². The number of hydrogen-bond acceptors (Lipinski definition) is 6. The Morgan fingerprint density at radius 3 is 2.79 bits per heavy atom. The zero-order chi connectivity index (χ0) is 23.5. The number of nitrogens with one attached hydrogen (secondary N) is 3. The van der Waals surface area contributed by atoms with E-state index in [-0.39, 0.29) is 18.1 Å². The summed E-state index contributed by atoms with van der Waals surface area (Å²) in [6.45, 7) is 1.70. The van der Waals surface area contributed by atoms with Crippen LogP contribution in [-0.2, 0) is 13.1 Å². The highest BCUT2D eigenvalue weighted by molar-refractivity contribution is 7.17. The minimum Gasteiger partial charge on any atom is -0.508 e. The van der Waals surface area contributed by atoms with Crippen molar-refractivity contribution in [3.8, 4) is 16.2 Å². The third kappa shape index (κ3) is 4.48. The van der Waals surface area contributed by atoms with Crippen molar-refractivity contribution in [2.24, 2.45) is 0 Å². The molecule has 0 spiro atoms. The molecular weight excluding hydrogens is 444 g/mol. The molecule has 4 aromatic rings. The number of phenolic OH excluding ortho intramolecular Hbond substituents is 1. The fraction of sp³-hybridized carbons (Fsp3) is 0.148. The molecule has 0 radical (unpaired) electrons. The number of aromatic hydroxyl groups is 1. The molecule has 3 heterocycles. The lowest BCUT2D eigenvalue weighted by Crippen LogP contribution is -2.29. The number of pyridine rings is 1. The van der Waals surface area contributed by atoms with Gasteiger partial charge in [0.25, 0.3) is 5.91 Å². The number of aromatic nitrogens is 1. The van der Waals surface area contributed by atoms with E-state index in [4.69, 9.17) is 5.41 Å². The van der Waals surface area contributed by atoms with Crippen molar-refractivity contribution in [2.45, 2.75) is 25.6 Å². The van der Waals surface area contributed by atoms with Crippen LogP contribution in [0.3, 0.4) is 0 Å². The van der Waals surface area contributed by atoms with Crippen molar-refractivity contribution in [3.05, 3.63) is 106 Å². The van der Waals surface area contributed by atoms with Gasteiger partial charge in [-0.3, -0.25) is 9.78 Å². The Morgan fingerprint density at radius 2 is 1.97 bits per heavy atom. The van der Waals surface area contributed by atoms with Gasteiger partial charge in [0, 0.05) is 53.6 Å². The zero-order valence-electron chi connectivity index (χ0n) is 18.4. The minimum absolute atomic E-state index is 0.0889. The normalized spacial score (nSPS) is 13.3. The molecule has 6 nitrogen and oxygen atoms in total. The smallest absolute Gasteiger partial charge is 0.261 e. The van der Waals surface area contributed by atoms with Crippen molar-refractivity contribution in [3.63, 3.8) is 0 Å². The molecule has 2 aromatic heterocycles. The van der Waals surface area contributed by atoms with Crippen LogP contribution in [0.5, 0.6) is 5.75 Å². The molecule has 4 N–H and O–H groups in total. The van der Waals surface area contributed by atoms with E-state index in [9.17, 15) is 9.90 Å². The molecule has 1 amide bonds. The van der Waals surface area contributed by atoms with Crippen LogP contribution in [0.25, 0.3) is 10.4 Å². The van der Waals surface area contributed by atoms with E-state index in [0.29, 0.717) is 21.7 Å². The van der Waals surface area contributed by atoms with E-state index in [2.05, 4.69) is 33.8 Å². The van der Waals surface area contributed by atoms with Crippen molar-refractivity contribution < 1.29 is 9.90 Å². The molecular formula is C27H24N4O2S. The number of hydrogen-bond donors (Lipinski definition) is 4. The molecule has 170 valence electrons. The fourth-order valence-electron chi connectivity index (χ4n) is 4.28. The lowest BCUT2D eigenvalue weighted by Gasteiger charge is -2.20. The van der Waals surface area contributed by atoms with Crippen molar-refractivity contribution in [1.29, 1.82) is 5.41 Å². The van der Waals surface area contributed by atoms with Crippen molar-refractivity contribution in [1.82, 2.24) is 15.6 Å². The molecule has 2 aromatic carbocycles. The van der Waals surface area contributed by atoms with Crippen molar-refractivity contribution >= 4 is 23.0 Å². The number of benzene rings is 2. The van der Waals surface area contributed by atoms with Gasteiger partial charge in [-0.05, 0) is 41.0 Å². The van der Waals surface area contributed by atoms with Gasteiger partial charge in [-0.2, -0.15) is 0 Å². The maximum atomic E-state index is 13.3. The third-order valence-corrected chi connectivity index (χ3v) is 7.14. The Bertz CT molecular complexity index is 1350. The molecule has 1 unspecified atom stereocenters. The molecule has 0 saturated carbocycles. The highest BCUT2D eigenvalue weighted by Crippen LogP contribution is 2.35. The standard InChI is InChI=1S/C27H24N4O2S/c28-22(18-6-4-12-29-15-18)13-23(20-7-1-2-9-24(20)32)31-27(33)26-11-10-25(34-26)19-8-3-5-17-14-30-16-21(17)19/h1-12,15,23,28,30,32H,13-14,16H2,(H,31,33). The summed E-state index contributed by atoms with van der Waals surface area (Å²) in [5.41, 5.74) is 5.33. The molecule has 7 heteroatoms. The maximum absolute atomic E-state index is 13.3. The van der Waals surface area contributed by atoms with Gasteiger partial charge in [0.1, 0.15) is 5.75 Å². The Labute approximate surface area is 201 Å². The van der Waals surface area contributed by atoms with E-state index < -0.39 is 6.04 Å². The summed E-state index contributed by atoms with van der Waals surface area (Å²) in [7, 11) is 0. The average molecular weight is 469 g/mol. The summed E-state index contributed by atoms with van der Waals surface area (Å²) in [5, 5.41) is 25.4. The molecule has 34 heavy (non-hydrogen) atoms. The van der Waals surface area contributed by atoms with Gasteiger partial charge in [0.05, 0.1) is 10.9 Å². The van der Waals surface area contributed by atoms with E-state index in [0.717, 1.165) is 23.5 Å². The lowest BCUT2D eigenvalue weighted by atomic mass is 9.97. The number of phenols is 1. The number of nitrogens with zero attached hydrogens (tertiary/aromatic N) is 1. The summed E-state index contributed by atoms with van der Waals surface area (Å²) in [6, 6.07) is 20.1. The predicted molar refractivity (Wildman–Crippen MR) is 134 cm³/mol. The number of carbonyl (C=O) groups excluding carboxylic acids is 1. The monoisotopic (exact) mass is 468 g/mol. The van der Waals surface area contributed by atoms with Crippen molar-refractivity contribution in [2.75, 3.05) is 0 Å². The first kappa shape index (κ1) is 22.0. The van der Waals surface area contributed by atoms with Gasteiger partial charge in [0.15, 0.2) is 0 Å². The zero-order valence-corrected chi connectivity index (χ0v) is 19.2. The van der Waals surface area contributed by atoms with Gasteiger partial charge in [-0.1, -0.05) is 42.5 Å². The molecule has 1 aliphatic heterocycles. The SMILES string of the molecule is N=C(CC(NC(=O)c1ccc(-c2cccc3c2CNC3)s1)c1ccccc1O)c1cccnc1. The van der Waals surface area contributed by atoms with Gasteiger partial charge in [0.2, 0.25) is 0 Å². The average Bonchev–Trinajstić information content (AvgIpc) is 3.54. The topological polar surface area (TPSA) is 98.1 Å². The first-order chi connectivity index (χ1) is 16.6. The Morgan fingerprint density at radius 1 is 1.09 bits per heavy atom. The first-order valence-corrected chi connectivity index (χ1v) is 11.9. The fourth-order valence-corrected chi connectivity index (χ4v) is 5.24. The molecule has 0 bridgehead atoms. The number of fused-ring (bicyclic) bond motifs is 1. The second-order valence-corrected chi connectivity index (χ2v) is 9.30. The summed E-state index contributed by atoms with van der Waals surface area (Å²) < 4.78 is 0. The maximum Gasteiger partial charge on any atom is 0.261 e. The molecule has 0 fully saturated rings. The molecule has 1 aliphatic rings. The van der Waals surface area contributed by atoms with Gasteiger partial charge in [-0.15, -0.1) is 11.3 Å². The third-order valence-electron chi connectivity index (χ3n) is 6.02. The second-order valence-electron chi connectivity index (χ2n) is 8.22. The molecule has 0 aliphatic carbocycles. The summed E-state index contributed by atoms with van der Waals surface area (Å²) in [5.74, 6) is -0.139. The highest BCUT2D eigenvalue weighted by atomic mass is 32.1. The van der Waals surface area contributed by atoms with Crippen LogP contribution in [0.2, 0.25) is 0 Å². The largest absolute Gasteiger partial charge is 0.508 e. The summed E-state index contributed by atoms with van der Waals surface area (Å²) in [4.78, 5) is 19.0. The van der Waals surface area contributed by atoms with Gasteiger partial charge >= 0.3 is 0 Å². The van der Waals surface area contributed by atoms with E-state index >= 15 is 0 Å². The summed E-state index contributed by atoms with van der Waals surface area (Å²) in [6.07, 6.45) is 3.52. The van der Waals surface area contributed by atoms with Crippen LogP contribution in [0, 0.1) is 5.41 Å². The van der Waals surface area contributed by atoms with Gasteiger partial charge < -0.3 is 21.1 Å². The van der Waals surface area contributed by atoms with Crippen LogP contribution in [0.4, 0.5) is 0 Å². The Balaban J connectivity index is 1.40. The van der Waals surface area contributed by atoms with E-state index in [1.807, 2.05) is 24.3 Å². The number of thiophene rings is 1. The molecule has 0 saturated heterocycles. The number of carbonyl (C=O) groups is 1. The minimum atomic E-state index is -0.558. The number of rotatable bonds is 7. The second kappa shape index (κ2) is 9.59. The van der Waals surface area contributed by atoms with E-state index in [1.165, 1.54) is 22.5 Å². The van der Waals surface area contributed by atoms with E-state index in [1.54, 1.807) is 36.7 Å². The van der Waals surface area contributed by atoms with Gasteiger partial charge in [-0.25, -0.2) is 0 Å². The number of amides is 1. The lowest BCUT2D eigenvalue weighted by molar-refractivity contribution is 0.0941. The Hall–Kier alpha value is -3.81. The molecule has 1 atom stereocenters. The van der Waals surface area contributed by atoms with Crippen LogP contribution >= 0.6 is 11.3 Å². The van der Waals surface area contributed by atoms with Crippen LogP contribution in [0.15, 0.2) is 79.1 Å². The van der Waals surface area contributed by atoms with Crippen LogP contribution in [-0.4, -0.2) is 21.7 Å². The predicted octanol–water partition coefficient (Wildman–Crippen LogP) is 5.05. The summed E-state index contributed by atoms with van der Waals surface area (Å²) >= 11 is 1.45. The van der Waals surface area contributed by atoms with Crippen LogP contribution < -0.4 is 10.6 Å². The highest BCUT2D eigenvalue weighted by Gasteiger charge is 2.23. The quantitative estimate of drug-likeness (QED) is 0.285. The Kier molecular flexibility index (Phi) is 6.20.